The molecule has 0 aromatic rings. The van der Waals surface area contributed by atoms with E-state index in [1.165, 1.54) is 0 Å². The minimum atomic E-state index is -0.366. The molecule has 0 aromatic heterocycles. The van der Waals surface area contributed by atoms with Crippen LogP contribution < -0.4 is 0 Å². The molecule has 1 aliphatic heterocycles. The highest BCUT2D eigenvalue weighted by atomic mass is 127. The fourth-order valence-corrected chi connectivity index (χ4v) is 2.06. The molecular formula is C7H13IO2. The van der Waals surface area contributed by atoms with Crippen molar-refractivity contribution < 1.29 is 9.47 Å². The maximum Gasteiger partial charge on any atom is 0.163 e. The molecular weight excluding hydrogens is 243 g/mol. The van der Waals surface area contributed by atoms with Crippen molar-refractivity contribution in [2.24, 2.45) is 0 Å². The van der Waals surface area contributed by atoms with Crippen LogP contribution in [0, 0.1) is 0 Å². The van der Waals surface area contributed by atoms with E-state index in [9.17, 15) is 0 Å². The van der Waals surface area contributed by atoms with Crippen LogP contribution in [0.3, 0.4) is 0 Å². The smallest absolute Gasteiger partial charge is 0.163 e. The van der Waals surface area contributed by atoms with Gasteiger partial charge in [-0.15, -0.1) is 0 Å². The fourth-order valence-electron chi connectivity index (χ4n) is 1.17. The van der Waals surface area contributed by atoms with Gasteiger partial charge >= 0.3 is 0 Å². The van der Waals surface area contributed by atoms with Gasteiger partial charge in [0.2, 0.25) is 0 Å². The Morgan fingerprint density at radius 3 is 2.20 bits per heavy atom. The van der Waals surface area contributed by atoms with Crippen LogP contribution in [0.1, 0.15) is 20.8 Å². The molecule has 0 saturated carbocycles. The summed E-state index contributed by atoms with van der Waals surface area (Å²) in [6.07, 6.45) is 0.516. The van der Waals surface area contributed by atoms with Gasteiger partial charge in [-0.3, -0.25) is 0 Å². The standard InChI is InChI=1S/C7H13IO2/c1-5-6(4-8)10-7(2,3)9-5/h5-6H,4H2,1-3H3/t5-,6-/m0/s1. The van der Waals surface area contributed by atoms with E-state index in [1.807, 2.05) is 13.8 Å². The molecule has 1 heterocycles. The fraction of sp³-hybridized carbons (Fsp3) is 1.00. The lowest BCUT2D eigenvalue weighted by Crippen LogP contribution is -2.22. The number of hydrogen-bond donors (Lipinski definition) is 0. The third-order valence-electron chi connectivity index (χ3n) is 1.58. The first kappa shape index (κ1) is 8.74. The summed E-state index contributed by atoms with van der Waals surface area (Å²) in [5.41, 5.74) is 0. The summed E-state index contributed by atoms with van der Waals surface area (Å²) < 4.78 is 12.1. The normalized spacial score (nSPS) is 38.4. The highest BCUT2D eigenvalue weighted by Crippen LogP contribution is 2.28. The Hall–Kier alpha value is 0.650. The van der Waals surface area contributed by atoms with E-state index in [0.717, 1.165) is 4.43 Å². The summed E-state index contributed by atoms with van der Waals surface area (Å²) in [4.78, 5) is 0. The zero-order chi connectivity index (χ0) is 7.78. The van der Waals surface area contributed by atoms with Crippen molar-refractivity contribution in [2.45, 2.75) is 38.8 Å². The Morgan fingerprint density at radius 1 is 1.40 bits per heavy atom. The topological polar surface area (TPSA) is 18.5 Å². The Bertz CT molecular complexity index is 125. The molecule has 0 bridgehead atoms. The molecule has 0 amide bonds. The van der Waals surface area contributed by atoms with Crippen molar-refractivity contribution in [3.8, 4) is 0 Å². The number of hydrogen-bond acceptors (Lipinski definition) is 2. The molecule has 0 N–H and O–H groups in total. The first-order valence-corrected chi connectivity index (χ1v) is 4.99. The maximum absolute atomic E-state index is 5.58. The van der Waals surface area contributed by atoms with Crippen LogP contribution in [0.15, 0.2) is 0 Å². The van der Waals surface area contributed by atoms with Gasteiger partial charge in [-0.2, -0.15) is 0 Å². The molecule has 3 heteroatoms. The third-order valence-corrected chi connectivity index (χ3v) is 2.45. The average Bonchev–Trinajstić information content (AvgIpc) is 2.05. The predicted molar refractivity (Wildman–Crippen MR) is 48.4 cm³/mol. The van der Waals surface area contributed by atoms with E-state index < -0.39 is 0 Å². The minimum absolute atomic E-state index is 0.242. The van der Waals surface area contributed by atoms with Crippen LogP contribution in [0.2, 0.25) is 0 Å². The molecule has 60 valence electrons. The molecule has 10 heavy (non-hydrogen) atoms. The van der Waals surface area contributed by atoms with E-state index in [2.05, 4.69) is 29.5 Å². The van der Waals surface area contributed by atoms with Crippen molar-refractivity contribution in [2.75, 3.05) is 4.43 Å². The van der Waals surface area contributed by atoms with Crippen molar-refractivity contribution in [3.05, 3.63) is 0 Å². The summed E-state index contributed by atoms with van der Waals surface area (Å²) in [5, 5.41) is 0. The van der Waals surface area contributed by atoms with Gasteiger partial charge in [0.1, 0.15) is 0 Å². The monoisotopic (exact) mass is 256 g/mol. The number of alkyl halides is 1. The zero-order valence-corrected chi connectivity index (χ0v) is 8.71. The van der Waals surface area contributed by atoms with E-state index in [-0.39, 0.29) is 18.0 Å². The molecule has 0 spiro atoms. The molecule has 1 saturated heterocycles. The van der Waals surface area contributed by atoms with Gasteiger partial charge in [0.25, 0.3) is 0 Å². The van der Waals surface area contributed by atoms with Crippen molar-refractivity contribution in [1.29, 1.82) is 0 Å². The average molecular weight is 256 g/mol. The van der Waals surface area contributed by atoms with Gasteiger partial charge in [0.05, 0.1) is 12.2 Å². The van der Waals surface area contributed by atoms with Crippen LogP contribution in [0.4, 0.5) is 0 Å². The van der Waals surface area contributed by atoms with E-state index in [1.54, 1.807) is 0 Å². The predicted octanol–water partition coefficient (Wildman–Crippen LogP) is 1.96. The summed E-state index contributed by atoms with van der Waals surface area (Å²) in [6, 6.07) is 0. The van der Waals surface area contributed by atoms with E-state index in [4.69, 9.17) is 9.47 Å². The minimum Gasteiger partial charge on any atom is -0.345 e. The molecule has 0 radical (unpaired) electrons. The van der Waals surface area contributed by atoms with Crippen molar-refractivity contribution >= 4 is 22.6 Å². The van der Waals surface area contributed by atoms with Gasteiger partial charge in [-0.1, -0.05) is 22.6 Å². The van der Waals surface area contributed by atoms with Crippen molar-refractivity contribution in [3.63, 3.8) is 0 Å². The summed E-state index contributed by atoms with van der Waals surface area (Å²) >= 11 is 2.32. The second-order valence-corrected chi connectivity index (χ2v) is 3.91. The van der Waals surface area contributed by atoms with Gasteiger partial charge in [0, 0.05) is 4.43 Å². The van der Waals surface area contributed by atoms with Gasteiger partial charge in [-0.05, 0) is 20.8 Å². The number of ether oxygens (including phenoxy) is 2. The van der Waals surface area contributed by atoms with E-state index >= 15 is 0 Å². The Kier molecular flexibility index (Phi) is 2.58. The maximum atomic E-state index is 5.58. The second-order valence-electron chi connectivity index (χ2n) is 3.03. The lowest BCUT2D eigenvalue weighted by atomic mass is 10.3. The zero-order valence-electron chi connectivity index (χ0n) is 6.56. The van der Waals surface area contributed by atoms with Crippen LogP contribution in [0.25, 0.3) is 0 Å². The SMILES string of the molecule is C[C@@H]1OC(C)(C)O[C@H]1CI. The summed E-state index contributed by atoms with van der Waals surface area (Å²) in [5.74, 6) is -0.366. The molecule has 2 nitrogen and oxygen atoms in total. The van der Waals surface area contributed by atoms with Crippen molar-refractivity contribution in [1.82, 2.24) is 0 Å². The molecule has 1 aliphatic rings. The highest BCUT2D eigenvalue weighted by molar-refractivity contribution is 14.1. The number of rotatable bonds is 1. The van der Waals surface area contributed by atoms with Crippen LogP contribution in [-0.2, 0) is 9.47 Å². The Morgan fingerprint density at radius 2 is 2.00 bits per heavy atom. The summed E-state index contributed by atoms with van der Waals surface area (Å²) in [6.45, 7) is 5.96. The van der Waals surface area contributed by atoms with Gasteiger partial charge < -0.3 is 9.47 Å². The van der Waals surface area contributed by atoms with Crippen LogP contribution in [0.5, 0.6) is 0 Å². The highest BCUT2D eigenvalue weighted by Gasteiger charge is 2.37. The Labute approximate surface area is 75.4 Å². The second kappa shape index (κ2) is 2.95. The van der Waals surface area contributed by atoms with Crippen LogP contribution >= 0.6 is 22.6 Å². The molecule has 0 aliphatic carbocycles. The van der Waals surface area contributed by atoms with Gasteiger partial charge in [0.15, 0.2) is 5.79 Å². The molecule has 0 aromatic carbocycles. The largest absolute Gasteiger partial charge is 0.345 e. The molecule has 0 unspecified atom stereocenters. The van der Waals surface area contributed by atoms with Gasteiger partial charge in [-0.25, -0.2) is 0 Å². The number of halogens is 1. The van der Waals surface area contributed by atoms with E-state index in [0.29, 0.717) is 0 Å². The summed E-state index contributed by atoms with van der Waals surface area (Å²) in [7, 11) is 0. The molecule has 2 atom stereocenters. The third kappa shape index (κ3) is 1.83. The lowest BCUT2D eigenvalue weighted by molar-refractivity contribution is -0.142. The Balaban J connectivity index is 2.52. The van der Waals surface area contributed by atoms with Crippen LogP contribution in [-0.4, -0.2) is 22.4 Å². The first-order chi connectivity index (χ1) is 4.55. The quantitative estimate of drug-likeness (QED) is 0.527. The molecule has 1 fully saturated rings. The molecule has 1 rings (SSSR count). The first-order valence-electron chi connectivity index (χ1n) is 3.47. The lowest BCUT2D eigenvalue weighted by Gasteiger charge is -2.15.